The zero-order chi connectivity index (χ0) is 49.9. The zero-order valence-electron chi connectivity index (χ0n) is 41.3. The Bertz CT molecular complexity index is 4790. The van der Waals surface area contributed by atoms with Gasteiger partial charge < -0.3 is 9.13 Å². The molecule has 0 amide bonds. The topological polar surface area (TPSA) is 26.0 Å². The van der Waals surface area contributed by atoms with Gasteiger partial charge in [-0.2, -0.15) is 0 Å². The van der Waals surface area contributed by atoms with Crippen molar-refractivity contribution in [2.24, 2.45) is 0 Å². The fourth-order valence-electron chi connectivity index (χ4n) is 13.0. The van der Waals surface area contributed by atoms with E-state index < -0.39 is 8.07 Å². The van der Waals surface area contributed by atoms with Gasteiger partial charge in [-0.05, 0) is 139 Å². The summed E-state index contributed by atoms with van der Waals surface area (Å²) in [6.07, 6.45) is 0. The molecule has 0 aliphatic carbocycles. The number of fused-ring (bicyclic) bond motifs is 12. The molecule has 5 heteroatoms. The van der Waals surface area contributed by atoms with Crippen molar-refractivity contribution in [1.29, 1.82) is 0 Å². The minimum Gasteiger partial charge on any atom is -0.309 e. The SMILES string of the molecule is c1ccc(-n2c3ccccc3c3ccc4cc5cc(-n6c7ccccc7c7cc(-c8ccc9c(c8)[Si](c8ccccc8)(c8ccccc8)c8ccccc8N9c8ccc9ccccc9n8)ccc76)ccc5cc4c32)cc1. The summed E-state index contributed by atoms with van der Waals surface area (Å²) < 4.78 is 4.89. The molecule has 0 spiro atoms. The molecule has 3 aromatic heterocycles. The smallest absolute Gasteiger partial charge is 0.184 e. The van der Waals surface area contributed by atoms with Crippen molar-refractivity contribution in [2.75, 3.05) is 4.90 Å². The number of nitrogens with zero attached hydrogens (tertiary/aromatic N) is 4. The molecule has 12 aromatic carbocycles. The maximum Gasteiger partial charge on any atom is 0.184 e. The van der Waals surface area contributed by atoms with Crippen LogP contribution in [-0.2, 0) is 0 Å². The van der Waals surface area contributed by atoms with E-state index in [0.717, 1.165) is 28.1 Å². The summed E-state index contributed by atoms with van der Waals surface area (Å²) in [5.41, 5.74) is 12.8. The highest BCUT2D eigenvalue weighted by Crippen LogP contribution is 2.42. The summed E-state index contributed by atoms with van der Waals surface area (Å²) in [7, 11) is -2.96. The van der Waals surface area contributed by atoms with Crippen molar-refractivity contribution in [2.45, 2.75) is 0 Å². The Morgan fingerprint density at radius 3 is 1.71 bits per heavy atom. The summed E-state index contributed by atoms with van der Waals surface area (Å²) in [4.78, 5) is 7.77. The number of aromatic nitrogens is 3. The van der Waals surface area contributed by atoms with Gasteiger partial charge in [-0.3, -0.25) is 4.90 Å². The molecule has 0 fully saturated rings. The van der Waals surface area contributed by atoms with E-state index in [4.69, 9.17) is 4.98 Å². The van der Waals surface area contributed by atoms with Crippen LogP contribution in [0.1, 0.15) is 0 Å². The largest absolute Gasteiger partial charge is 0.309 e. The quantitative estimate of drug-likeness (QED) is 0.123. The molecule has 1 aliphatic rings. The van der Waals surface area contributed by atoms with Gasteiger partial charge in [0.05, 0.1) is 27.6 Å². The van der Waals surface area contributed by atoms with Crippen molar-refractivity contribution in [3.63, 3.8) is 0 Å². The minimum atomic E-state index is -2.96. The number of para-hydroxylation sites is 5. The molecule has 76 heavy (non-hydrogen) atoms. The van der Waals surface area contributed by atoms with E-state index in [1.807, 2.05) is 0 Å². The van der Waals surface area contributed by atoms with E-state index in [1.54, 1.807) is 0 Å². The first kappa shape index (κ1) is 42.7. The van der Waals surface area contributed by atoms with Crippen LogP contribution >= 0.6 is 0 Å². The van der Waals surface area contributed by atoms with Gasteiger partial charge in [0.2, 0.25) is 0 Å². The van der Waals surface area contributed by atoms with Crippen LogP contribution in [0.25, 0.3) is 98.6 Å². The van der Waals surface area contributed by atoms with Crippen molar-refractivity contribution >= 4 is 122 Å². The van der Waals surface area contributed by atoms with Crippen LogP contribution in [0.5, 0.6) is 0 Å². The highest BCUT2D eigenvalue weighted by Gasteiger charge is 2.49. The molecule has 4 nitrogen and oxygen atoms in total. The van der Waals surface area contributed by atoms with Gasteiger partial charge in [-0.15, -0.1) is 0 Å². The Kier molecular flexibility index (Phi) is 9.32. The van der Waals surface area contributed by atoms with E-state index in [9.17, 15) is 0 Å². The number of hydrogen-bond donors (Lipinski definition) is 0. The standard InChI is InChI=1S/C71H46N4Si/c1-4-19-53(20-5-1)74-64-29-15-11-25-57(64)59-38-33-51-42-52-43-54(37-32-49(52)44-60(51)71(59)74)73-63-28-14-12-26-58(63)61-45-48(34-39-65(61)73)50-35-40-67-69(46-50)76(55-21-6-2-7-22-55,56-23-8-3-9-24-56)68-31-17-16-30-66(68)75(67)70-41-36-47-18-10-13-27-62(47)72-70/h1-46H. The van der Waals surface area contributed by atoms with Crippen molar-refractivity contribution in [1.82, 2.24) is 14.1 Å². The summed E-state index contributed by atoms with van der Waals surface area (Å²) in [6, 6.07) is 104. The van der Waals surface area contributed by atoms with Gasteiger partial charge in [-0.1, -0.05) is 188 Å². The molecule has 0 radical (unpaired) electrons. The molecule has 0 atom stereocenters. The van der Waals surface area contributed by atoms with Crippen LogP contribution in [-0.4, -0.2) is 22.2 Å². The molecule has 354 valence electrons. The molecular formula is C71H46N4Si. The van der Waals surface area contributed by atoms with Gasteiger partial charge in [0.25, 0.3) is 0 Å². The van der Waals surface area contributed by atoms with Crippen LogP contribution in [0, 0.1) is 0 Å². The number of pyridine rings is 1. The molecule has 16 rings (SSSR count). The Balaban J connectivity index is 0.878. The van der Waals surface area contributed by atoms with Crippen LogP contribution in [0.15, 0.2) is 279 Å². The predicted octanol–water partition coefficient (Wildman–Crippen LogP) is 15.6. The van der Waals surface area contributed by atoms with E-state index >= 15 is 0 Å². The van der Waals surface area contributed by atoms with Gasteiger partial charge in [0.1, 0.15) is 5.82 Å². The normalized spacial score (nSPS) is 13.1. The summed E-state index contributed by atoms with van der Waals surface area (Å²) in [5.74, 6) is 0.907. The second kappa shape index (κ2) is 16.6. The molecular weight excluding hydrogens is 937 g/mol. The van der Waals surface area contributed by atoms with Crippen LogP contribution in [0.4, 0.5) is 17.2 Å². The molecule has 4 heterocycles. The highest BCUT2D eigenvalue weighted by molar-refractivity contribution is 7.21. The predicted molar refractivity (Wildman–Crippen MR) is 323 cm³/mol. The summed E-state index contributed by atoms with van der Waals surface area (Å²) in [6.45, 7) is 0. The fourth-order valence-corrected chi connectivity index (χ4v) is 18.1. The Labute approximate surface area is 440 Å². The van der Waals surface area contributed by atoms with Crippen LogP contribution in [0.3, 0.4) is 0 Å². The highest BCUT2D eigenvalue weighted by atomic mass is 28.3. The molecule has 0 unspecified atom stereocenters. The van der Waals surface area contributed by atoms with E-state index in [0.29, 0.717) is 0 Å². The van der Waals surface area contributed by atoms with Crippen molar-refractivity contribution in [3.8, 4) is 22.5 Å². The number of hydrogen-bond acceptors (Lipinski definition) is 2. The number of rotatable bonds is 6. The average molecular weight is 983 g/mol. The zero-order valence-corrected chi connectivity index (χ0v) is 42.3. The van der Waals surface area contributed by atoms with Crippen molar-refractivity contribution in [3.05, 3.63) is 279 Å². The van der Waals surface area contributed by atoms with Gasteiger partial charge >= 0.3 is 0 Å². The van der Waals surface area contributed by atoms with Gasteiger partial charge in [-0.25, -0.2) is 4.98 Å². The lowest BCUT2D eigenvalue weighted by Crippen LogP contribution is -2.77. The first-order valence-electron chi connectivity index (χ1n) is 26.2. The van der Waals surface area contributed by atoms with Gasteiger partial charge in [0, 0.05) is 55.1 Å². The lowest BCUT2D eigenvalue weighted by molar-refractivity contribution is 1.18. The lowest BCUT2D eigenvalue weighted by Gasteiger charge is -2.44. The number of benzene rings is 12. The fraction of sp³-hybridized carbons (Fsp3) is 0. The average Bonchev–Trinajstić information content (AvgIpc) is 4.11. The lowest BCUT2D eigenvalue weighted by atomic mass is 10.0. The van der Waals surface area contributed by atoms with E-state index in [1.165, 1.54) is 108 Å². The molecule has 1 aliphatic heterocycles. The summed E-state index contributed by atoms with van der Waals surface area (Å²) >= 11 is 0. The monoisotopic (exact) mass is 982 g/mol. The van der Waals surface area contributed by atoms with E-state index in [2.05, 4.69) is 293 Å². The van der Waals surface area contributed by atoms with Crippen LogP contribution in [0.2, 0.25) is 0 Å². The molecule has 0 N–H and O–H groups in total. The first-order valence-corrected chi connectivity index (χ1v) is 28.2. The maximum absolute atomic E-state index is 5.36. The Hall–Kier alpha value is -9.81. The molecule has 0 saturated carbocycles. The molecule has 15 aromatic rings. The summed E-state index contributed by atoms with van der Waals surface area (Å²) in [5, 5.41) is 16.4. The second-order valence-corrected chi connectivity index (χ2v) is 24.0. The van der Waals surface area contributed by atoms with E-state index in [-0.39, 0.29) is 0 Å². The third kappa shape index (κ3) is 6.21. The second-order valence-electron chi connectivity index (χ2n) is 20.3. The van der Waals surface area contributed by atoms with Gasteiger partial charge in [0.15, 0.2) is 8.07 Å². The van der Waals surface area contributed by atoms with Crippen LogP contribution < -0.4 is 25.6 Å². The molecule has 0 saturated heterocycles. The third-order valence-electron chi connectivity index (χ3n) is 16.3. The van der Waals surface area contributed by atoms with Crippen molar-refractivity contribution < 1.29 is 0 Å². The number of anilines is 3. The maximum atomic E-state index is 5.36. The Morgan fingerprint density at radius 1 is 0.303 bits per heavy atom. The third-order valence-corrected chi connectivity index (χ3v) is 21.1. The first-order chi connectivity index (χ1) is 37.7. The minimum absolute atomic E-state index is 0.907. The Morgan fingerprint density at radius 2 is 0.908 bits per heavy atom. The molecule has 0 bridgehead atoms.